The number of benzene rings is 1. The highest BCUT2D eigenvalue weighted by Gasteiger charge is 2.04. The maximum Gasteiger partial charge on any atom is 0.148 e. The molecule has 0 aromatic heterocycles. The number of rotatable bonds is 2. The number of halogens is 1. The average molecular weight is 266 g/mol. The van der Waals surface area contributed by atoms with Crippen LogP contribution in [0.5, 0.6) is 0 Å². The van der Waals surface area contributed by atoms with Crippen molar-refractivity contribution in [3.05, 3.63) is 41.1 Å². The fourth-order valence-electron chi connectivity index (χ4n) is 0.984. The van der Waals surface area contributed by atoms with Gasteiger partial charge in [0.15, 0.2) is 0 Å². The summed E-state index contributed by atoms with van der Waals surface area (Å²) in [5.41, 5.74) is -0.187. The lowest BCUT2D eigenvalue weighted by molar-refractivity contribution is 0.680. The van der Waals surface area contributed by atoms with Crippen LogP contribution in [0.25, 0.3) is 0 Å². The smallest absolute Gasteiger partial charge is 0.148 e. The third kappa shape index (κ3) is 3.60. The first-order valence-corrected chi connectivity index (χ1v) is 6.77. The minimum atomic E-state index is -2.65. The van der Waals surface area contributed by atoms with E-state index in [0.29, 0.717) is 9.92 Å². The summed E-state index contributed by atoms with van der Waals surface area (Å²) in [4.78, 5) is 0.494. The maximum atomic E-state index is 12.2. The maximum absolute atomic E-state index is 12.2. The van der Waals surface area contributed by atoms with Gasteiger partial charge in [-0.05, 0) is 24.3 Å². The second kappa shape index (κ2) is 5.49. The van der Waals surface area contributed by atoms with Gasteiger partial charge in [-0.25, -0.2) is 8.57 Å². The molecule has 0 saturated carbocycles. The molecule has 0 spiro atoms. The Morgan fingerprint density at radius 2 is 1.88 bits per heavy atom. The van der Waals surface area contributed by atoms with Gasteiger partial charge in [-0.1, -0.05) is 11.6 Å². The Morgan fingerprint density at radius 3 is 2.35 bits per heavy atom. The van der Waals surface area contributed by atoms with Gasteiger partial charge in [-0.3, -0.25) is 0 Å². The van der Waals surface area contributed by atoms with Gasteiger partial charge in [0.05, 0.1) is 15.9 Å². The van der Waals surface area contributed by atoms with Crippen LogP contribution in [0, 0.1) is 22.7 Å². The summed E-state index contributed by atoms with van der Waals surface area (Å²) in [6, 6.07) is 9.70. The number of nitrogens with zero attached hydrogens (tertiary/aromatic N) is 3. The van der Waals surface area contributed by atoms with Crippen molar-refractivity contribution in [1.82, 2.24) is 0 Å². The van der Waals surface area contributed by atoms with Crippen LogP contribution < -0.4 is 0 Å². The molecule has 0 saturated heterocycles. The SMILES string of the molecule is CS(=O)(=NC=C(C#N)C#N)c1ccc(Cl)cc1. The molecule has 0 aliphatic rings. The van der Waals surface area contributed by atoms with E-state index in [-0.39, 0.29) is 5.57 Å². The van der Waals surface area contributed by atoms with Crippen molar-refractivity contribution in [2.24, 2.45) is 4.36 Å². The Hall–Kier alpha value is -1.82. The zero-order chi connectivity index (χ0) is 12.9. The minimum absolute atomic E-state index is 0.187. The summed E-state index contributed by atoms with van der Waals surface area (Å²) in [6.45, 7) is 0. The topological polar surface area (TPSA) is 77.0 Å². The Morgan fingerprint density at radius 1 is 1.35 bits per heavy atom. The normalized spacial score (nSPS) is 12.7. The Bertz CT molecular complexity index is 625. The molecular formula is C11H8ClN3OS. The lowest BCUT2D eigenvalue weighted by atomic mass is 10.4. The Labute approximate surface area is 105 Å². The number of hydrogen-bond donors (Lipinski definition) is 0. The molecular weight excluding hydrogens is 258 g/mol. The van der Waals surface area contributed by atoms with Crippen molar-refractivity contribution in [2.45, 2.75) is 4.90 Å². The third-order valence-corrected chi connectivity index (χ3v) is 3.78. The molecule has 0 aliphatic carbocycles. The molecule has 1 unspecified atom stereocenters. The number of allylic oxidation sites excluding steroid dienone is 1. The van der Waals surface area contributed by atoms with E-state index in [2.05, 4.69) is 4.36 Å². The average Bonchev–Trinajstić information content (AvgIpc) is 2.31. The van der Waals surface area contributed by atoms with Gasteiger partial charge in [0.25, 0.3) is 0 Å². The van der Waals surface area contributed by atoms with E-state index in [1.807, 2.05) is 0 Å². The van der Waals surface area contributed by atoms with E-state index in [9.17, 15) is 4.21 Å². The summed E-state index contributed by atoms with van der Waals surface area (Å²) in [5.74, 6) is 0. The summed E-state index contributed by atoms with van der Waals surface area (Å²) in [6.07, 6.45) is 2.45. The zero-order valence-corrected chi connectivity index (χ0v) is 10.5. The lowest BCUT2D eigenvalue weighted by Crippen LogP contribution is -1.96. The first-order chi connectivity index (χ1) is 7.99. The summed E-state index contributed by atoms with van der Waals surface area (Å²) in [7, 11) is -2.65. The van der Waals surface area contributed by atoms with Gasteiger partial charge < -0.3 is 0 Å². The molecule has 0 radical (unpaired) electrons. The van der Waals surface area contributed by atoms with Crippen LogP contribution in [-0.4, -0.2) is 10.5 Å². The van der Waals surface area contributed by atoms with E-state index in [1.54, 1.807) is 36.4 Å². The molecule has 86 valence electrons. The van der Waals surface area contributed by atoms with Crippen molar-refractivity contribution in [2.75, 3.05) is 6.26 Å². The molecule has 1 atom stereocenters. The molecule has 4 nitrogen and oxygen atoms in total. The second-order valence-corrected chi connectivity index (χ2v) is 5.85. The molecule has 1 aromatic rings. The van der Waals surface area contributed by atoms with Crippen LogP contribution in [0.15, 0.2) is 45.3 Å². The summed E-state index contributed by atoms with van der Waals surface area (Å²) >= 11 is 5.71. The van der Waals surface area contributed by atoms with Crippen molar-refractivity contribution in [3.8, 4) is 12.1 Å². The molecule has 0 N–H and O–H groups in total. The van der Waals surface area contributed by atoms with Crippen LogP contribution in [-0.2, 0) is 9.73 Å². The highest BCUT2D eigenvalue weighted by Crippen LogP contribution is 2.16. The van der Waals surface area contributed by atoms with Crippen molar-refractivity contribution < 1.29 is 4.21 Å². The first-order valence-electron chi connectivity index (χ1n) is 4.47. The molecule has 0 aliphatic heterocycles. The summed E-state index contributed by atoms with van der Waals surface area (Å²) < 4.78 is 15.9. The fraction of sp³-hybridized carbons (Fsp3) is 0.0909. The van der Waals surface area contributed by atoms with Crippen molar-refractivity contribution in [1.29, 1.82) is 10.5 Å². The van der Waals surface area contributed by atoms with E-state index in [4.69, 9.17) is 22.1 Å². The van der Waals surface area contributed by atoms with Crippen LogP contribution in [0.4, 0.5) is 0 Å². The molecule has 6 heteroatoms. The molecule has 0 amide bonds. The Balaban J connectivity index is 3.22. The second-order valence-electron chi connectivity index (χ2n) is 3.13. The fourth-order valence-corrected chi connectivity index (χ4v) is 2.18. The third-order valence-electron chi connectivity index (χ3n) is 1.87. The van der Waals surface area contributed by atoms with E-state index in [0.717, 1.165) is 6.20 Å². The quantitative estimate of drug-likeness (QED) is 0.772. The predicted octanol–water partition coefficient (Wildman–Crippen LogP) is 2.73. The monoisotopic (exact) mass is 265 g/mol. The molecule has 17 heavy (non-hydrogen) atoms. The van der Waals surface area contributed by atoms with Crippen LogP contribution >= 0.6 is 11.6 Å². The Kier molecular flexibility index (Phi) is 4.28. The predicted molar refractivity (Wildman–Crippen MR) is 65.5 cm³/mol. The molecule has 0 fully saturated rings. The van der Waals surface area contributed by atoms with Gasteiger partial charge >= 0.3 is 0 Å². The van der Waals surface area contributed by atoms with E-state index >= 15 is 0 Å². The van der Waals surface area contributed by atoms with Gasteiger partial charge in [-0.15, -0.1) is 0 Å². The summed E-state index contributed by atoms with van der Waals surface area (Å²) in [5, 5.41) is 17.6. The number of nitriles is 2. The molecule has 1 rings (SSSR count). The lowest BCUT2D eigenvalue weighted by Gasteiger charge is -2.02. The van der Waals surface area contributed by atoms with Gasteiger partial charge in [0.2, 0.25) is 0 Å². The molecule has 0 bridgehead atoms. The largest absolute Gasteiger partial charge is 0.245 e. The standard InChI is InChI=1S/C11H8ClN3OS/c1-17(16,15-8-9(6-13)7-14)11-4-2-10(12)3-5-11/h2-5,8H,1H3. The first kappa shape index (κ1) is 13.2. The van der Waals surface area contributed by atoms with E-state index in [1.165, 1.54) is 6.26 Å². The van der Waals surface area contributed by atoms with E-state index < -0.39 is 9.73 Å². The van der Waals surface area contributed by atoms with Gasteiger partial charge in [0, 0.05) is 16.2 Å². The van der Waals surface area contributed by atoms with Crippen molar-refractivity contribution in [3.63, 3.8) is 0 Å². The molecule has 0 heterocycles. The van der Waals surface area contributed by atoms with Crippen LogP contribution in [0.3, 0.4) is 0 Å². The highest BCUT2D eigenvalue weighted by atomic mass is 35.5. The number of hydrogen-bond acceptors (Lipinski definition) is 4. The van der Waals surface area contributed by atoms with Crippen LogP contribution in [0.1, 0.15) is 0 Å². The van der Waals surface area contributed by atoms with Gasteiger partial charge in [0.1, 0.15) is 17.7 Å². The van der Waals surface area contributed by atoms with Gasteiger partial charge in [-0.2, -0.15) is 10.5 Å². The minimum Gasteiger partial charge on any atom is -0.245 e. The molecule has 1 aromatic carbocycles. The highest BCUT2D eigenvalue weighted by molar-refractivity contribution is 7.93. The zero-order valence-electron chi connectivity index (χ0n) is 8.92. The van der Waals surface area contributed by atoms with Crippen LogP contribution in [0.2, 0.25) is 5.02 Å². The van der Waals surface area contributed by atoms with Crippen molar-refractivity contribution >= 4 is 21.3 Å².